The molecule has 18 heavy (non-hydrogen) atoms. The minimum absolute atomic E-state index is 0.315. The molecule has 1 aromatic carbocycles. The van der Waals surface area contributed by atoms with Gasteiger partial charge >= 0.3 is 0 Å². The zero-order chi connectivity index (χ0) is 13.2. The van der Waals surface area contributed by atoms with Crippen molar-refractivity contribution < 1.29 is 0 Å². The second-order valence-corrected chi connectivity index (χ2v) is 6.09. The number of hydrogen-bond donors (Lipinski definition) is 1. The summed E-state index contributed by atoms with van der Waals surface area (Å²) in [5.74, 6) is 0. The summed E-state index contributed by atoms with van der Waals surface area (Å²) in [6, 6.07) is 8.83. The van der Waals surface area contributed by atoms with Gasteiger partial charge in [-0.2, -0.15) is 5.26 Å². The van der Waals surface area contributed by atoms with Crippen molar-refractivity contribution in [3.8, 4) is 6.07 Å². The lowest BCUT2D eigenvalue weighted by Crippen LogP contribution is -2.39. The molecular weight excluding hydrogens is 220 g/mol. The van der Waals surface area contributed by atoms with Crippen LogP contribution in [0.1, 0.15) is 50.7 Å². The highest BCUT2D eigenvalue weighted by molar-refractivity contribution is 5.59. The first-order valence-corrected chi connectivity index (χ1v) is 6.80. The van der Waals surface area contributed by atoms with Crippen molar-refractivity contribution in [2.24, 2.45) is 5.41 Å². The van der Waals surface area contributed by atoms with Gasteiger partial charge in [0.1, 0.15) is 6.07 Å². The van der Waals surface area contributed by atoms with Gasteiger partial charge in [-0.1, -0.05) is 32.8 Å². The van der Waals surface area contributed by atoms with Gasteiger partial charge in [0, 0.05) is 6.04 Å². The van der Waals surface area contributed by atoms with E-state index in [1.54, 1.807) is 0 Å². The minimum Gasteiger partial charge on any atom is -0.381 e. The lowest BCUT2D eigenvalue weighted by atomic mass is 9.73. The maximum Gasteiger partial charge on any atom is 0.101 e. The van der Waals surface area contributed by atoms with Gasteiger partial charge < -0.3 is 5.32 Å². The van der Waals surface area contributed by atoms with Crippen LogP contribution in [0.15, 0.2) is 18.2 Å². The molecule has 0 spiro atoms. The van der Waals surface area contributed by atoms with Crippen molar-refractivity contribution in [1.82, 2.24) is 0 Å². The molecule has 2 heteroatoms. The van der Waals surface area contributed by atoms with Crippen molar-refractivity contribution in [2.45, 2.75) is 52.5 Å². The van der Waals surface area contributed by atoms with E-state index in [4.69, 9.17) is 0 Å². The largest absolute Gasteiger partial charge is 0.381 e. The Balaban J connectivity index is 2.21. The lowest BCUT2D eigenvalue weighted by molar-refractivity contribution is 0.217. The van der Waals surface area contributed by atoms with Gasteiger partial charge in [-0.05, 0) is 42.9 Å². The van der Waals surface area contributed by atoms with Gasteiger partial charge in [0.2, 0.25) is 0 Å². The summed E-state index contributed by atoms with van der Waals surface area (Å²) in [5.41, 5.74) is 3.20. The Morgan fingerprint density at radius 1 is 1.33 bits per heavy atom. The summed E-state index contributed by atoms with van der Waals surface area (Å²) in [6.07, 6.45) is 5.07. The molecule has 1 aliphatic carbocycles. The fourth-order valence-corrected chi connectivity index (χ4v) is 2.83. The highest BCUT2D eigenvalue weighted by Crippen LogP contribution is 2.37. The maximum atomic E-state index is 9.21. The summed E-state index contributed by atoms with van der Waals surface area (Å²) in [6.45, 7) is 6.67. The average Bonchev–Trinajstić information content (AvgIpc) is 2.33. The molecule has 0 bridgehead atoms. The molecule has 1 fully saturated rings. The summed E-state index contributed by atoms with van der Waals surface area (Å²) in [5, 5.41) is 12.8. The molecule has 0 aliphatic heterocycles. The van der Waals surface area contributed by atoms with E-state index in [0.717, 1.165) is 16.8 Å². The number of nitriles is 1. The van der Waals surface area contributed by atoms with Gasteiger partial charge in [0.05, 0.1) is 11.3 Å². The fourth-order valence-electron chi connectivity index (χ4n) is 2.83. The van der Waals surface area contributed by atoms with Crippen LogP contribution in [0.3, 0.4) is 0 Å². The van der Waals surface area contributed by atoms with Crippen LogP contribution in [0.5, 0.6) is 0 Å². The predicted molar refractivity (Wildman–Crippen MR) is 75.6 cm³/mol. The van der Waals surface area contributed by atoms with Gasteiger partial charge in [0.25, 0.3) is 0 Å². The molecule has 1 aliphatic rings. The van der Waals surface area contributed by atoms with Crippen molar-refractivity contribution in [3.63, 3.8) is 0 Å². The van der Waals surface area contributed by atoms with E-state index >= 15 is 0 Å². The van der Waals surface area contributed by atoms with E-state index < -0.39 is 0 Å². The van der Waals surface area contributed by atoms with Crippen LogP contribution in [0.25, 0.3) is 0 Å². The van der Waals surface area contributed by atoms with E-state index in [-0.39, 0.29) is 0 Å². The Kier molecular flexibility index (Phi) is 3.61. The van der Waals surface area contributed by atoms with Crippen LogP contribution in [0, 0.1) is 23.7 Å². The zero-order valence-corrected chi connectivity index (χ0v) is 11.6. The number of nitrogens with zero attached hydrogens (tertiary/aromatic N) is 1. The Labute approximate surface area is 110 Å². The summed E-state index contributed by atoms with van der Waals surface area (Å²) >= 11 is 0. The Morgan fingerprint density at radius 3 is 2.78 bits per heavy atom. The molecule has 0 aromatic heterocycles. The Bertz CT molecular complexity index is 468. The second kappa shape index (κ2) is 5.02. The molecule has 1 unspecified atom stereocenters. The molecule has 1 aromatic rings. The third kappa shape index (κ3) is 2.67. The monoisotopic (exact) mass is 242 g/mol. The quantitative estimate of drug-likeness (QED) is 0.841. The highest BCUT2D eigenvalue weighted by Gasteiger charge is 2.32. The molecule has 2 rings (SSSR count). The average molecular weight is 242 g/mol. The smallest absolute Gasteiger partial charge is 0.101 e. The molecule has 96 valence electrons. The summed E-state index contributed by atoms with van der Waals surface area (Å²) in [7, 11) is 0. The second-order valence-electron chi connectivity index (χ2n) is 6.09. The topological polar surface area (TPSA) is 35.8 Å². The van der Waals surface area contributed by atoms with E-state index in [1.165, 1.54) is 25.7 Å². The SMILES string of the molecule is Cc1ccc(NC2CCCCC2(C)C)c(C#N)c1. The standard InChI is InChI=1S/C16H22N2/c1-12-7-8-14(13(10-12)11-17)18-15-6-4-5-9-16(15,2)3/h7-8,10,15,18H,4-6,9H2,1-3H3. The summed E-state index contributed by atoms with van der Waals surface area (Å²) < 4.78 is 0. The molecule has 2 nitrogen and oxygen atoms in total. The normalized spacial score (nSPS) is 22.2. The number of rotatable bonds is 2. The lowest BCUT2D eigenvalue weighted by Gasteiger charge is -2.39. The van der Waals surface area contributed by atoms with Crippen LogP contribution in [0.2, 0.25) is 0 Å². The molecule has 0 amide bonds. The first kappa shape index (κ1) is 13.0. The van der Waals surface area contributed by atoms with Gasteiger partial charge in [-0.3, -0.25) is 0 Å². The Hall–Kier alpha value is -1.49. The number of nitrogens with one attached hydrogen (secondary N) is 1. The van der Waals surface area contributed by atoms with Gasteiger partial charge in [-0.15, -0.1) is 0 Å². The molecule has 1 saturated carbocycles. The van der Waals surface area contributed by atoms with Crippen LogP contribution < -0.4 is 5.32 Å². The van der Waals surface area contributed by atoms with Crippen LogP contribution in [0.4, 0.5) is 5.69 Å². The van der Waals surface area contributed by atoms with Crippen molar-refractivity contribution >= 4 is 5.69 Å². The van der Waals surface area contributed by atoms with E-state index in [0.29, 0.717) is 11.5 Å². The summed E-state index contributed by atoms with van der Waals surface area (Å²) in [4.78, 5) is 0. The highest BCUT2D eigenvalue weighted by atomic mass is 14.9. The fraction of sp³-hybridized carbons (Fsp3) is 0.562. The van der Waals surface area contributed by atoms with E-state index in [1.807, 2.05) is 19.1 Å². The molecule has 1 atom stereocenters. The van der Waals surface area contributed by atoms with Gasteiger partial charge in [0.15, 0.2) is 0 Å². The zero-order valence-electron chi connectivity index (χ0n) is 11.6. The number of aryl methyl sites for hydroxylation is 1. The first-order chi connectivity index (χ1) is 8.53. The predicted octanol–water partition coefficient (Wildman–Crippen LogP) is 4.25. The Morgan fingerprint density at radius 2 is 2.11 bits per heavy atom. The number of hydrogen-bond acceptors (Lipinski definition) is 2. The molecule has 0 saturated heterocycles. The van der Waals surface area contributed by atoms with Crippen molar-refractivity contribution in [2.75, 3.05) is 5.32 Å². The van der Waals surface area contributed by atoms with Crippen LogP contribution >= 0.6 is 0 Å². The van der Waals surface area contributed by atoms with Crippen molar-refractivity contribution in [1.29, 1.82) is 5.26 Å². The molecule has 1 N–H and O–H groups in total. The van der Waals surface area contributed by atoms with E-state index in [2.05, 4.69) is 31.3 Å². The molecule has 0 radical (unpaired) electrons. The number of anilines is 1. The van der Waals surface area contributed by atoms with E-state index in [9.17, 15) is 5.26 Å². The third-order valence-corrected chi connectivity index (χ3v) is 4.13. The van der Waals surface area contributed by atoms with Crippen molar-refractivity contribution in [3.05, 3.63) is 29.3 Å². The maximum absolute atomic E-state index is 9.21. The minimum atomic E-state index is 0.315. The first-order valence-electron chi connectivity index (χ1n) is 6.80. The molecular formula is C16H22N2. The number of benzene rings is 1. The van der Waals surface area contributed by atoms with Crippen LogP contribution in [-0.2, 0) is 0 Å². The van der Waals surface area contributed by atoms with Crippen LogP contribution in [-0.4, -0.2) is 6.04 Å². The third-order valence-electron chi connectivity index (χ3n) is 4.13. The molecule has 0 heterocycles. The van der Waals surface area contributed by atoms with Gasteiger partial charge in [-0.25, -0.2) is 0 Å².